The summed E-state index contributed by atoms with van der Waals surface area (Å²) >= 11 is 0. The number of urea groups is 1. The average molecular weight is 285 g/mol. The van der Waals surface area contributed by atoms with Gasteiger partial charge in [-0.25, -0.2) is 4.79 Å². The first-order valence-electron chi connectivity index (χ1n) is 6.98. The first-order valence-corrected chi connectivity index (χ1v) is 6.98. The van der Waals surface area contributed by atoms with Gasteiger partial charge >= 0.3 is 12.0 Å². The summed E-state index contributed by atoms with van der Waals surface area (Å²) in [5, 5.41) is 14.1. The van der Waals surface area contributed by atoms with Gasteiger partial charge in [0.05, 0.1) is 0 Å². The van der Waals surface area contributed by atoms with Crippen LogP contribution in [0.4, 0.5) is 4.79 Å². The molecule has 0 aromatic heterocycles. The van der Waals surface area contributed by atoms with Crippen molar-refractivity contribution in [1.82, 2.24) is 15.5 Å². The van der Waals surface area contributed by atoms with E-state index >= 15 is 0 Å². The second kappa shape index (κ2) is 7.72. The highest BCUT2D eigenvalue weighted by Gasteiger charge is 2.26. The Bertz CT molecular complexity index is 371. The van der Waals surface area contributed by atoms with Gasteiger partial charge in [0.25, 0.3) is 0 Å². The van der Waals surface area contributed by atoms with Crippen molar-refractivity contribution in [3.63, 3.8) is 0 Å². The maximum atomic E-state index is 12.2. The number of nitrogens with zero attached hydrogens (tertiary/aromatic N) is 1. The van der Waals surface area contributed by atoms with E-state index in [-0.39, 0.29) is 24.4 Å². The highest BCUT2D eigenvalue weighted by Crippen LogP contribution is 2.07. The molecule has 114 valence electrons. The first kappa shape index (κ1) is 16.3. The molecule has 0 bridgehead atoms. The van der Waals surface area contributed by atoms with Gasteiger partial charge in [-0.1, -0.05) is 0 Å². The molecule has 0 saturated carbocycles. The topological polar surface area (TPSA) is 98.7 Å². The molecule has 0 radical (unpaired) electrons. The summed E-state index contributed by atoms with van der Waals surface area (Å²) in [5.41, 5.74) is 0. The van der Waals surface area contributed by atoms with Gasteiger partial charge in [0.15, 0.2) is 0 Å². The molecule has 1 fully saturated rings. The zero-order chi connectivity index (χ0) is 15.1. The average Bonchev–Trinajstić information content (AvgIpc) is 2.36. The van der Waals surface area contributed by atoms with E-state index in [9.17, 15) is 14.4 Å². The summed E-state index contributed by atoms with van der Waals surface area (Å²) < 4.78 is 0. The number of nitrogens with one attached hydrogen (secondary N) is 2. The number of carbonyl (C=O) groups is 3. The van der Waals surface area contributed by atoms with Crippen LogP contribution in [-0.2, 0) is 9.59 Å². The lowest BCUT2D eigenvalue weighted by Crippen LogP contribution is -2.54. The molecule has 3 N–H and O–H groups in total. The molecule has 0 aromatic rings. The molecule has 0 aromatic carbocycles. The highest BCUT2D eigenvalue weighted by atomic mass is 16.4. The van der Waals surface area contributed by atoms with Crippen molar-refractivity contribution in [2.24, 2.45) is 0 Å². The first-order chi connectivity index (χ1) is 9.41. The van der Waals surface area contributed by atoms with E-state index in [1.807, 2.05) is 13.8 Å². The van der Waals surface area contributed by atoms with Gasteiger partial charge in [0.2, 0.25) is 5.91 Å². The Balaban J connectivity index is 2.50. The quantitative estimate of drug-likeness (QED) is 0.663. The van der Waals surface area contributed by atoms with Gasteiger partial charge < -0.3 is 20.6 Å². The monoisotopic (exact) mass is 285 g/mol. The molecule has 7 heteroatoms. The number of carboxylic acids is 1. The lowest BCUT2D eigenvalue weighted by molar-refractivity contribution is -0.137. The third kappa shape index (κ3) is 5.07. The summed E-state index contributed by atoms with van der Waals surface area (Å²) in [6.07, 6.45) is 1.91. The lowest BCUT2D eigenvalue weighted by atomic mass is 10.1. The van der Waals surface area contributed by atoms with Crippen LogP contribution in [0.1, 0.15) is 39.5 Å². The fourth-order valence-electron chi connectivity index (χ4n) is 2.14. The predicted molar refractivity (Wildman–Crippen MR) is 73.3 cm³/mol. The standard InChI is InChI=1S/C13H23N3O4/c1-9(2)16(8-4-6-11(17)18)13(20)15-10-5-3-7-14-12(10)19/h9-10H,3-8H2,1-2H3,(H,14,19)(H,15,20)(H,17,18). The Labute approximate surface area is 118 Å². The van der Waals surface area contributed by atoms with E-state index in [1.165, 1.54) is 0 Å². The molecule has 7 nitrogen and oxygen atoms in total. The Morgan fingerprint density at radius 1 is 1.50 bits per heavy atom. The zero-order valence-corrected chi connectivity index (χ0v) is 12.0. The molecule has 1 aliphatic rings. The predicted octanol–water partition coefficient (Wildman–Crippen LogP) is 0.550. The molecular formula is C13H23N3O4. The maximum Gasteiger partial charge on any atom is 0.318 e. The second-order valence-corrected chi connectivity index (χ2v) is 5.22. The van der Waals surface area contributed by atoms with Gasteiger partial charge in [-0.2, -0.15) is 0 Å². The molecule has 0 aliphatic carbocycles. The van der Waals surface area contributed by atoms with Gasteiger partial charge in [-0.05, 0) is 33.1 Å². The molecule has 1 heterocycles. The van der Waals surface area contributed by atoms with Crippen molar-refractivity contribution in [3.8, 4) is 0 Å². The molecule has 1 aliphatic heterocycles. The van der Waals surface area contributed by atoms with Crippen molar-refractivity contribution in [2.75, 3.05) is 13.1 Å². The van der Waals surface area contributed by atoms with Crippen LogP contribution in [0.5, 0.6) is 0 Å². The smallest absolute Gasteiger partial charge is 0.318 e. The SMILES string of the molecule is CC(C)N(CCCC(=O)O)C(=O)NC1CCCNC1=O. The number of aliphatic carboxylic acids is 1. The van der Waals surface area contributed by atoms with Crippen molar-refractivity contribution < 1.29 is 19.5 Å². The van der Waals surface area contributed by atoms with E-state index < -0.39 is 12.0 Å². The molecule has 3 amide bonds. The number of hydrogen-bond acceptors (Lipinski definition) is 3. The van der Waals surface area contributed by atoms with Gasteiger partial charge in [0.1, 0.15) is 6.04 Å². The van der Waals surface area contributed by atoms with Crippen molar-refractivity contribution in [1.29, 1.82) is 0 Å². The van der Waals surface area contributed by atoms with Crippen LogP contribution in [0, 0.1) is 0 Å². The molecule has 0 spiro atoms. The molecule has 20 heavy (non-hydrogen) atoms. The molecule has 1 saturated heterocycles. The number of hydrogen-bond donors (Lipinski definition) is 3. The van der Waals surface area contributed by atoms with Crippen LogP contribution in [0.25, 0.3) is 0 Å². The number of amides is 3. The van der Waals surface area contributed by atoms with Crippen LogP contribution < -0.4 is 10.6 Å². The highest BCUT2D eigenvalue weighted by molar-refractivity contribution is 5.87. The van der Waals surface area contributed by atoms with Crippen LogP contribution in [0.2, 0.25) is 0 Å². The minimum atomic E-state index is -0.874. The van der Waals surface area contributed by atoms with Gasteiger partial charge in [0, 0.05) is 25.6 Å². The zero-order valence-electron chi connectivity index (χ0n) is 12.0. The second-order valence-electron chi connectivity index (χ2n) is 5.22. The van der Waals surface area contributed by atoms with Crippen LogP contribution in [-0.4, -0.2) is 53.1 Å². The molecule has 1 atom stereocenters. The number of carboxylic acid groups (broad SMARTS) is 1. The summed E-state index contributed by atoms with van der Waals surface area (Å²) in [6.45, 7) is 4.74. The fraction of sp³-hybridized carbons (Fsp3) is 0.769. The van der Waals surface area contributed by atoms with Crippen molar-refractivity contribution in [2.45, 2.75) is 51.6 Å². The maximum absolute atomic E-state index is 12.2. The minimum Gasteiger partial charge on any atom is -0.481 e. The molecular weight excluding hydrogens is 262 g/mol. The Hall–Kier alpha value is -1.79. The fourth-order valence-corrected chi connectivity index (χ4v) is 2.14. The van der Waals surface area contributed by atoms with Gasteiger partial charge in [-0.15, -0.1) is 0 Å². The Morgan fingerprint density at radius 2 is 2.20 bits per heavy atom. The van der Waals surface area contributed by atoms with Crippen molar-refractivity contribution >= 4 is 17.9 Å². The summed E-state index contributed by atoms with van der Waals surface area (Å²) in [7, 11) is 0. The third-order valence-electron chi connectivity index (χ3n) is 3.26. The van der Waals surface area contributed by atoms with E-state index in [0.717, 1.165) is 6.42 Å². The number of carbonyl (C=O) groups excluding carboxylic acids is 2. The van der Waals surface area contributed by atoms with Crippen molar-refractivity contribution in [3.05, 3.63) is 0 Å². The van der Waals surface area contributed by atoms with E-state index in [1.54, 1.807) is 4.90 Å². The van der Waals surface area contributed by atoms with E-state index in [2.05, 4.69) is 10.6 Å². The third-order valence-corrected chi connectivity index (χ3v) is 3.26. The minimum absolute atomic E-state index is 0.0282. The largest absolute Gasteiger partial charge is 0.481 e. The van der Waals surface area contributed by atoms with Crippen LogP contribution in [0.15, 0.2) is 0 Å². The lowest BCUT2D eigenvalue weighted by Gasteiger charge is -2.30. The van der Waals surface area contributed by atoms with E-state index in [0.29, 0.717) is 25.9 Å². The Morgan fingerprint density at radius 3 is 2.75 bits per heavy atom. The van der Waals surface area contributed by atoms with Crippen LogP contribution >= 0.6 is 0 Å². The summed E-state index contributed by atoms with van der Waals surface area (Å²) in [5.74, 6) is -1.03. The molecule has 1 unspecified atom stereocenters. The number of rotatable bonds is 6. The van der Waals surface area contributed by atoms with Crippen LogP contribution in [0.3, 0.4) is 0 Å². The normalized spacial score (nSPS) is 18.6. The Kier molecular flexibility index (Phi) is 6.27. The summed E-state index contributed by atoms with van der Waals surface area (Å²) in [4.78, 5) is 35.8. The number of piperidine rings is 1. The summed E-state index contributed by atoms with van der Waals surface area (Å²) in [6, 6.07) is -0.847. The van der Waals surface area contributed by atoms with Gasteiger partial charge in [-0.3, -0.25) is 9.59 Å². The molecule has 1 rings (SSSR count). The van der Waals surface area contributed by atoms with E-state index in [4.69, 9.17) is 5.11 Å².